The normalized spacial score (nSPS) is 11.1. The van der Waals surface area contributed by atoms with Crippen molar-refractivity contribution < 1.29 is 4.79 Å². The lowest BCUT2D eigenvalue weighted by Crippen LogP contribution is -2.14. The van der Waals surface area contributed by atoms with Gasteiger partial charge in [0.2, 0.25) is 5.78 Å². The molecule has 0 spiro atoms. The number of rotatable bonds is 6. The van der Waals surface area contributed by atoms with Gasteiger partial charge >= 0.3 is 0 Å². The van der Waals surface area contributed by atoms with Crippen molar-refractivity contribution in [2.24, 2.45) is 0 Å². The van der Waals surface area contributed by atoms with Gasteiger partial charge in [-0.05, 0) is 72.8 Å². The summed E-state index contributed by atoms with van der Waals surface area (Å²) in [5, 5.41) is 10.9. The molecule has 6 rings (SSSR count). The van der Waals surface area contributed by atoms with E-state index in [1.54, 1.807) is 85.5 Å². The summed E-state index contributed by atoms with van der Waals surface area (Å²) in [6, 6.07) is 20.8. The molecule has 4 aromatic heterocycles. The third kappa shape index (κ3) is 5.00. The third-order valence-electron chi connectivity index (χ3n) is 6.09. The van der Waals surface area contributed by atoms with E-state index in [0.717, 1.165) is 11.1 Å². The van der Waals surface area contributed by atoms with E-state index in [1.165, 1.54) is 9.36 Å². The van der Waals surface area contributed by atoms with E-state index in [0.29, 0.717) is 42.9 Å². The van der Waals surface area contributed by atoms with Gasteiger partial charge in [0, 0.05) is 35.9 Å². The Hall–Kier alpha value is -4.01. The van der Waals surface area contributed by atoms with E-state index >= 15 is 0 Å². The molecule has 0 amide bonds. The summed E-state index contributed by atoms with van der Waals surface area (Å²) in [7, 11) is 0. The maximum atomic E-state index is 14.4. The van der Waals surface area contributed by atoms with Crippen molar-refractivity contribution in [3.8, 4) is 33.9 Å². The van der Waals surface area contributed by atoms with Gasteiger partial charge in [0.05, 0.1) is 42.9 Å². The quantitative estimate of drug-likeness (QED) is 0.180. The zero-order valence-corrected chi connectivity index (χ0v) is 23.4. The molecule has 11 heteroatoms. The zero-order valence-electron chi connectivity index (χ0n) is 20.3. The van der Waals surface area contributed by atoms with Gasteiger partial charge in [-0.3, -0.25) is 14.8 Å². The molecule has 40 heavy (non-hydrogen) atoms. The van der Waals surface area contributed by atoms with Crippen LogP contribution in [-0.4, -0.2) is 35.3 Å². The second kappa shape index (κ2) is 10.9. The second-order valence-electron chi connectivity index (χ2n) is 8.66. The van der Waals surface area contributed by atoms with Gasteiger partial charge in [0.15, 0.2) is 0 Å². The van der Waals surface area contributed by atoms with Crippen molar-refractivity contribution in [1.82, 2.24) is 29.5 Å². The minimum absolute atomic E-state index is 0.274. The summed E-state index contributed by atoms with van der Waals surface area (Å²) < 4.78 is 3.06. The van der Waals surface area contributed by atoms with Crippen LogP contribution >= 0.6 is 46.4 Å². The highest BCUT2D eigenvalue weighted by Crippen LogP contribution is 2.31. The second-order valence-corrected chi connectivity index (χ2v) is 10.3. The lowest BCUT2D eigenvalue weighted by Gasteiger charge is -2.10. The summed E-state index contributed by atoms with van der Waals surface area (Å²) in [6.45, 7) is 0. The van der Waals surface area contributed by atoms with Crippen LogP contribution in [0.4, 0.5) is 0 Å². The van der Waals surface area contributed by atoms with Crippen molar-refractivity contribution in [1.29, 1.82) is 0 Å². The van der Waals surface area contributed by atoms with Gasteiger partial charge in [-0.1, -0.05) is 46.4 Å². The lowest BCUT2D eigenvalue weighted by molar-refractivity contribution is 0.102. The molecule has 0 aliphatic heterocycles. The fourth-order valence-electron chi connectivity index (χ4n) is 4.15. The summed E-state index contributed by atoms with van der Waals surface area (Å²) in [6.07, 6.45) is 6.69. The van der Waals surface area contributed by atoms with E-state index in [9.17, 15) is 4.79 Å². The molecular weight excluding hydrogens is 590 g/mol. The molecule has 6 aromatic rings. The van der Waals surface area contributed by atoms with E-state index in [-0.39, 0.29) is 17.2 Å². The van der Waals surface area contributed by atoms with Gasteiger partial charge in [-0.25, -0.2) is 9.36 Å². The molecule has 0 aliphatic carbocycles. The number of hydrogen-bond acceptors (Lipinski definition) is 5. The third-order valence-corrected chi connectivity index (χ3v) is 7.57. The Bertz CT molecular complexity index is 1730. The van der Waals surface area contributed by atoms with Gasteiger partial charge < -0.3 is 0 Å². The molecule has 0 unspecified atom stereocenters. The van der Waals surface area contributed by atoms with Crippen molar-refractivity contribution in [3.05, 3.63) is 129 Å². The molecule has 0 saturated heterocycles. The number of carbonyl (C=O) groups excluding carboxylic acids is 1. The number of carbonyl (C=O) groups is 1. The first kappa shape index (κ1) is 26.2. The molecule has 0 bridgehead atoms. The number of halogens is 4. The molecule has 0 saturated carbocycles. The predicted molar refractivity (Wildman–Crippen MR) is 157 cm³/mol. The molecule has 0 aliphatic rings. The monoisotopic (exact) mass is 604 g/mol. The maximum absolute atomic E-state index is 14.4. The predicted octanol–water partition coefficient (Wildman–Crippen LogP) is 8.03. The SMILES string of the molecule is O=C(c1cc(-c2cccnc2)nn1-c1ccc(Cl)c(Cl)c1)c1cc(-c2cccnc2)nn1-c1ccc(Cl)c(Cl)c1. The van der Waals surface area contributed by atoms with Crippen LogP contribution in [0.15, 0.2) is 97.6 Å². The lowest BCUT2D eigenvalue weighted by atomic mass is 10.1. The zero-order chi connectivity index (χ0) is 27.8. The van der Waals surface area contributed by atoms with Crippen molar-refractivity contribution in [3.63, 3.8) is 0 Å². The van der Waals surface area contributed by atoms with E-state index in [4.69, 9.17) is 56.6 Å². The summed E-state index contributed by atoms with van der Waals surface area (Å²) in [5.74, 6) is -0.345. The molecule has 0 fully saturated rings. The first-order valence-electron chi connectivity index (χ1n) is 11.9. The summed E-state index contributed by atoms with van der Waals surface area (Å²) in [4.78, 5) is 22.7. The average molecular weight is 606 g/mol. The van der Waals surface area contributed by atoms with Crippen LogP contribution in [-0.2, 0) is 0 Å². The Balaban J connectivity index is 1.56. The Morgan fingerprint density at radius 3 is 1.40 bits per heavy atom. The first-order valence-corrected chi connectivity index (χ1v) is 13.4. The molecule has 7 nitrogen and oxygen atoms in total. The number of nitrogens with zero attached hydrogens (tertiary/aromatic N) is 6. The maximum Gasteiger partial charge on any atom is 0.229 e. The number of benzene rings is 2. The van der Waals surface area contributed by atoms with Crippen LogP contribution in [0.3, 0.4) is 0 Å². The van der Waals surface area contributed by atoms with Crippen molar-refractivity contribution in [2.45, 2.75) is 0 Å². The minimum atomic E-state index is -0.345. The molecule has 196 valence electrons. The summed E-state index contributed by atoms with van der Waals surface area (Å²) in [5.41, 5.74) is 4.24. The molecule has 0 radical (unpaired) electrons. The Morgan fingerprint density at radius 1 is 0.575 bits per heavy atom. The van der Waals surface area contributed by atoms with Crippen LogP contribution in [0, 0.1) is 0 Å². The average Bonchev–Trinajstić information content (AvgIpc) is 3.63. The van der Waals surface area contributed by atoms with Gasteiger partial charge in [-0.2, -0.15) is 10.2 Å². The summed E-state index contributed by atoms with van der Waals surface area (Å²) >= 11 is 25.0. The smallest absolute Gasteiger partial charge is 0.229 e. The highest BCUT2D eigenvalue weighted by Gasteiger charge is 2.25. The Kier molecular flexibility index (Phi) is 7.12. The van der Waals surface area contributed by atoms with Crippen molar-refractivity contribution >= 4 is 52.2 Å². The molecular formula is C29H16Cl4N6O. The number of hydrogen-bond donors (Lipinski definition) is 0. The topological polar surface area (TPSA) is 78.5 Å². The molecule has 0 atom stereocenters. The number of ketones is 1. The molecule has 4 heterocycles. The van der Waals surface area contributed by atoms with Gasteiger partial charge in [0.25, 0.3) is 0 Å². The fourth-order valence-corrected chi connectivity index (χ4v) is 4.74. The van der Waals surface area contributed by atoms with Crippen molar-refractivity contribution in [2.75, 3.05) is 0 Å². The first-order chi connectivity index (χ1) is 19.4. The minimum Gasteiger partial charge on any atom is -0.285 e. The standard InChI is InChI=1S/C29H16Cl4N6O/c30-21-7-5-19(11-23(21)32)38-27(13-25(36-38)17-3-1-9-34-15-17)29(40)28-14-26(18-4-2-10-35-16-18)37-39(28)20-6-8-22(31)24(33)12-20/h1-16H. The molecule has 2 aromatic carbocycles. The van der Waals surface area contributed by atoms with Gasteiger partial charge in [-0.15, -0.1) is 0 Å². The van der Waals surface area contributed by atoms with E-state index in [2.05, 4.69) is 9.97 Å². The largest absolute Gasteiger partial charge is 0.285 e. The van der Waals surface area contributed by atoms with Crippen LogP contribution in [0.1, 0.15) is 16.2 Å². The van der Waals surface area contributed by atoms with Crippen LogP contribution in [0.5, 0.6) is 0 Å². The number of aromatic nitrogens is 6. The van der Waals surface area contributed by atoms with E-state index in [1.807, 2.05) is 12.1 Å². The van der Waals surface area contributed by atoms with Crippen LogP contribution in [0.25, 0.3) is 33.9 Å². The van der Waals surface area contributed by atoms with E-state index < -0.39 is 0 Å². The van der Waals surface area contributed by atoms with Crippen LogP contribution < -0.4 is 0 Å². The molecule has 0 N–H and O–H groups in total. The Labute approximate surface area is 248 Å². The number of pyridine rings is 2. The highest BCUT2D eigenvalue weighted by molar-refractivity contribution is 6.42. The van der Waals surface area contributed by atoms with Gasteiger partial charge in [0.1, 0.15) is 11.4 Å². The Morgan fingerprint density at radius 2 is 1.02 bits per heavy atom. The van der Waals surface area contributed by atoms with Crippen LogP contribution in [0.2, 0.25) is 20.1 Å². The highest BCUT2D eigenvalue weighted by atomic mass is 35.5. The fraction of sp³-hybridized carbons (Fsp3) is 0.